The minimum absolute atomic E-state index is 0.0426. The van der Waals surface area contributed by atoms with E-state index in [1.807, 2.05) is 42.2 Å². The molecule has 23 heavy (non-hydrogen) atoms. The van der Waals surface area contributed by atoms with Gasteiger partial charge in [-0.2, -0.15) is 0 Å². The van der Waals surface area contributed by atoms with Crippen molar-refractivity contribution < 1.29 is 19.0 Å². The third kappa shape index (κ3) is 3.67. The van der Waals surface area contributed by atoms with Crippen LogP contribution in [0.15, 0.2) is 30.3 Å². The van der Waals surface area contributed by atoms with Gasteiger partial charge in [0.05, 0.1) is 13.2 Å². The highest BCUT2D eigenvalue weighted by Crippen LogP contribution is 2.43. The summed E-state index contributed by atoms with van der Waals surface area (Å²) in [5, 5.41) is 0. The predicted octanol–water partition coefficient (Wildman–Crippen LogP) is 2.70. The quantitative estimate of drug-likeness (QED) is 0.837. The van der Waals surface area contributed by atoms with Crippen LogP contribution in [-0.4, -0.2) is 50.5 Å². The average molecular weight is 319 g/mol. The van der Waals surface area contributed by atoms with E-state index in [4.69, 9.17) is 14.2 Å². The summed E-state index contributed by atoms with van der Waals surface area (Å²) in [6.45, 7) is 6.58. The average Bonchev–Trinajstić information content (AvgIpc) is 3.20. The monoisotopic (exact) mass is 319 g/mol. The second-order valence-electron chi connectivity index (χ2n) is 6.44. The van der Waals surface area contributed by atoms with E-state index in [2.05, 4.69) is 0 Å². The summed E-state index contributed by atoms with van der Waals surface area (Å²) < 4.78 is 16.7. The maximum absolute atomic E-state index is 12.4. The second-order valence-corrected chi connectivity index (χ2v) is 6.44. The van der Waals surface area contributed by atoms with Gasteiger partial charge in [0, 0.05) is 37.6 Å². The van der Waals surface area contributed by atoms with Crippen LogP contribution in [0.1, 0.15) is 18.9 Å². The highest BCUT2D eigenvalue weighted by atomic mass is 16.6. The molecule has 0 aliphatic carbocycles. The fraction of sp³-hybridized carbons (Fsp3) is 0.611. The van der Waals surface area contributed by atoms with E-state index in [0.29, 0.717) is 45.4 Å². The molecule has 0 radical (unpaired) electrons. The Kier molecular flexibility index (Phi) is 5.18. The molecule has 2 unspecified atom stereocenters. The number of hydrogen-bond acceptors (Lipinski definition) is 4. The standard InChI is InChI=1S/C18H25NO4/c1-2-21-12-16-10-19(13-18(16)8-9-22-14-18)17(20)23-11-15-6-4-3-5-7-15/h3-7,16H,2,8-14H2,1H3. The number of nitrogens with zero attached hydrogens (tertiary/aromatic N) is 1. The Labute approximate surface area is 137 Å². The Hall–Kier alpha value is -1.59. The lowest BCUT2D eigenvalue weighted by atomic mass is 9.78. The van der Waals surface area contributed by atoms with Gasteiger partial charge in [-0.25, -0.2) is 4.79 Å². The van der Waals surface area contributed by atoms with Crippen LogP contribution in [0.25, 0.3) is 0 Å². The first-order valence-corrected chi connectivity index (χ1v) is 8.34. The normalized spacial score (nSPS) is 26.8. The molecule has 0 N–H and O–H groups in total. The first-order chi connectivity index (χ1) is 11.2. The second kappa shape index (κ2) is 7.32. The molecule has 3 rings (SSSR count). The Balaban J connectivity index is 1.58. The number of ether oxygens (including phenoxy) is 3. The molecule has 1 aromatic carbocycles. The fourth-order valence-corrected chi connectivity index (χ4v) is 3.54. The first kappa shape index (κ1) is 16.3. The van der Waals surface area contributed by atoms with Gasteiger partial charge in [0.1, 0.15) is 6.61 Å². The number of likely N-dealkylation sites (tertiary alicyclic amines) is 1. The maximum Gasteiger partial charge on any atom is 0.410 e. The van der Waals surface area contributed by atoms with Crippen LogP contribution in [0.2, 0.25) is 0 Å². The highest BCUT2D eigenvalue weighted by molar-refractivity contribution is 5.68. The number of carbonyl (C=O) groups is 1. The molecule has 0 bridgehead atoms. The van der Waals surface area contributed by atoms with Crippen molar-refractivity contribution in [2.24, 2.45) is 11.3 Å². The fourth-order valence-electron chi connectivity index (χ4n) is 3.54. The number of benzene rings is 1. The largest absolute Gasteiger partial charge is 0.445 e. The lowest BCUT2D eigenvalue weighted by Gasteiger charge is -2.27. The van der Waals surface area contributed by atoms with Gasteiger partial charge >= 0.3 is 6.09 Å². The Morgan fingerprint density at radius 1 is 1.39 bits per heavy atom. The van der Waals surface area contributed by atoms with Gasteiger partial charge in [-0.05, 0) is 18.9 Å². The molecule has 2 heterocycles. The van der Waals surface area contributed by atoms with Crippen LogP contribution in [-0.2, 0) is 20.8 Å². The third-order valence-electron chi connectivity index (χ3n) is 4.93. The van der Waals surface area contributed by atoms with E-state index in [0.717, 1.165) is 18.6 Å². The summed E-state index contributed by atoms with van der Waals surface area (Å²) >= 11 is 0. The van der Waals surface area contributed by atoms with E-state index in [1.165, 1.54) is 0 Å². The topological polar surface area (TPSA) is 48.0 Å². The summed E-state index contributed by atoms with van der Waals surface area (Å²) in [6.07, 6.45) is 0.756. The number of amides is 1. The van der Waals surface area contributed by atoms with Crippen LogP contribution in [0.4, 0.5) is 4.79 Å². The SMILES string of the molecule is CCOCC1CN(C(=O)OCc2ccccc2)CC12CCOC2. The van der Waals surface area contributed by atoms with Crippen molar-refractivity contribution in [2.45, 2.75) is 20.0 Å². The van der Waals surface area contributed by atoms with Gasteiger partial charge in [0.25, 0.3) is 0 Å². The molecule has 2 atom stereocenters. The van der Waals surface area contributed by atoms with Gasteiger partial charge in [0.2, 0.25) is 0 Å². The van der Waals surface area contributed by atoms with E-state index in [-0.39, 0.29) is 11.5 Å². The molecule has 5 nitrogen and oxygen atoms in total. The summed E-state index contributed by atoms with van der Waals surface area (Å²) in [5.74, 6) is 0.328. The summed E-state index contributed by atoms with van der Waals surface area (Å²) in [4.78, 5) is 14.2. The minimum Gasteiger partial charge on any atom is -0.445 e. The van der Waals surface area contributed by atoms with E-state index in [9.17, 15) is 4.79 Å². The van der Waals surface area contributed by atoms with Crippen LogP contribution in [0, 0.1) is 11.3 Å². The zero-order valence-corrected chi connectivity index (χ0v) is 13.7. The highest BCUT2D eigenvalue weighted by Gasteiger charge is 2.50. The number of hydrogen-bond donors (Lipinski definition) is 0. The smallest absolute Gasteiger partial charge is 0.410 e. The molecule has 2 aliphatic heterocycles. The zero-order chi connectivity index (χ0) is 16.1. The Morgan fingerprint density at radius 3 is 2.91 bits per heavy atom. The molecule has 2 saturated heterocycles. The van der Waals surface area contributed by atoms with Crippen molar-refractivity contribution >= 4 is 6.09 Å². The first-order valence-electron chi connectivity index (χ1n) is 8.34. The van der Waals surface area contributed by atoms with Crippen LogP contribution < -0.4 is 0 Å². The van der Waals surface area contributed by atoms with Crippen molar-refractivity contribution in [3.05, 3.63) is 35.9 Å². The van der Waals surface area contributed by atoms with E-state index in [1.54, 1.807) is 0 Å². The number of rotatable bonds is 5. The van der Waals surface area contributed by atoms with E-state index < -0.39 is 0 Å². The van der Waals surface area contributed by atoms with Crippen LogP contribution in [0.5, 0.6) is 0 Å². The summed E-state index contributed by atoms with van der Waals surface area (Å²) in [6, 6.07) is 9.76. The molecule has 0 aromatic heterocycles. The minimum atomic E-state index is -0.237. The van der Waals surface area contributed by atoms with Gasteiger partial charge in [-0.1, -0.05) is 30.3 Å². The Morgan fingerprint density at radius 2 is 2.22 bits per heavy atom. The number of carbonyl (C=O) groups excluding carboxylic acids is 1. The van der Waals surface area contributed by atoms with Gasteiger partial charge in [0.15, 0.2) is 0 Å². The summed E-state index contributed by atoms with van der Waals surface area (Å²) in [7, 11) is 0. The molecule has 0 saturated carbocycles. The molecule has 5 heteroatoms. The van der Waals surface area contributed by atoms with Crippen molar-refractivity contribution in [2.75, 3.05) is 39.5 Å². The molecule has 2 aliphatic rings. The molecule has 1 amide bonds. The van der Waals surface area contributed by atoms with Crippen molar-refractivity contribution in [1.29, 1.82) is 0 Å². The van der Waals surface area contributed by atoms with Gasteiger partial charge < -0.3 is 19.1 Å². The van der Waals surface area contributed by atoms with E-state index >= 15 is 0 Å². The molecule has 2 fully saturated rings. The summed E-state index contributed by atoms with van der Waals surface area (Å²) in [5.41, 5.74) is 1.05. The van der Waals surface area contributed by atoms with Crippen LogP contribution >= 0.6 is 0 Å². The molecular weight excluding hydrogens is 294 g/mol. The molecule has 126 valence electrons. The lowest BCUT2D eigenvalue weighted by molar-refractivity contribution is 0.0570. The molecular formula is C18H25NO4. The van der Waals surface area contributed by atoms with Crippen molar-refractivity contribution in [1.82, 2.24) is 4.90 Å². The third-order valence-corrected chi connectivity index (χ3v) is 4.93. The molecule has 1 aromatic rings. The van der Waals surface area contributed by atoms with Crippen LogP contribution in [0.3, 0.4) is 0 Å². The van der Waals surface area contributed by atoms with Crippen molar-refractivity contribution in [3.8, 4) is 0 Å². The zero-order valence-electron chi connectivity index (χ0n) is 13.7. The van der Waals surface area contributed by atoms with Gasteiger partial charge in [-0.3, -0.25) is 0 Å². The van der Waals surface area contributed by atoms with Gasteiger partial charge in [-0.15, -0.1) is 0 Å². The molecule has 1 spiro atoms. The lowest BCUT2D eigenvalue weighted by Crippen LogP contribution is -2.34. The Bertz CT molecular complexity index is 513. The maximum atomic E-state index is 12.4. The predicted molar refractivity (Wildman–Crippen MR) is 86.1 cm³/mol. The van der Waals surface area contributed by atoms with Crippen molar-refractivity contribution in [3.63, 3.8) is 0 Å².